The van der Waals surface area contributed by atoms with E-state index in [-0.39, 0.29) is 15.6 Å². The van der Waals surface area contributed by atoms with Crippen LogP contribution in [0.1, 0.15) is 5.56 Å². The first-order chi connectivity index (χ1) is 8.79. The summed E-state index contributed by atoms with van der Waals surface area (Å²) in [7, 11) is 0. The third kappa shape index (κ3) is 2.93. The van der Waals surface area contributed by atoms with Crippen LogP contribution in [0, 0.1) is 0 Å². The van der Waals surface area contributed by atoms with Gasteiger partial charge in [0.15, 0.2) is 0 Å². The molecule has 0 unspecified atom stereocenters. The summed E-state index contributed by atoms with van der Waals surface area (Å²) >= 11 is 11.5. The van der Waals surface area contributed by atoms with Gasteiger partial charge in [0.2, 0.25) is 0 Å². The first-order valence-corrected chi connectivity index (χ1v) is 5.80. The van der Waals surface area contributed by atoms with Crippen LogP contribution in [0.3, 0.4) is 0 Å². The predicted octanol–water partition coefficient (Wildman–Crippen LogP) is 4.37. The van der Waals surface area contributed by atoms with Gasteiger partial charge in [0.25, 0.3) is 5.56 Å². The number of halogens is 5. The Balaban J connectivity index is 2.78. The van der Waals surface area contributed by atoms with E-state index >= 15 is 0 Å². The minimum atomic E-state index is -4.64. The quantitative estimate of drug-likeness (QED) is 0.834. The summed E-state index contributed by atoms with van der Waals surface area (Å²) in [5, 5.41) is 0.303. The Morgan fingerprint density at radius 3 is 2.16 bits per heavy atom. The highest BCUT2D eigenvalue weighted by Gasteiger charge is 2.35. The molecule has 1 aromatic heterocycles. The molecule has 19 heavy (non-hydrogen) atoms. The van der Waals surface area contributed by atoms with Crippen molar-refractivity contribution in [1.82, 2.24) is 4.98 Å². The van der Waals surface area contributed by atoms with Gasteiger partial charge in [0, 0.05) is 16.2 Å². The van der Waals surface area contributed by atoms with Gasteiger partial charge < -0.3 is 4.98 Å². The molecule has 0 atom stereocenters. The summed E-state index contributed by atoms with van der Waals surface area (Å²) in [6.07, 6.45) is -3.70. The van der Waals surface area contributed by atoms with Crippen LogP contribution in [-0.4, -0.2) is 4.98 Å². The molecule has 0 radical (unpaired) electrons. The predicted molar refractivity (Wildman–Crippen MR) is 67.5 cm³/mol. The number of hydrogen-bond donors (Lipinski definition) is 1. The number of benzene rings is 1. The van der Waals surface area contributed by atoms with Crippen LogP contribution in [0.15, 0.2) is 35.3 Å². The van der Waals surface area contributed by atoms with Crippen molar-refractivity contribution in [3.63, 3.8) is 0 Å². The van der Waals surface area contributed by atoms with Crippen LogP contribution in [0.2, 0.25) is 10.0 Å². The summed E-state index contributed by atoms with van der Waals surface area (Å²) in [5.41, 5.74) is -2.37. The van der Waals surface area contributed by atoms with Gasteiger partial charge in [-0.15, -0.1) is 0 Å². The fourth-order valence-corrected chi connectivity index (χ4v) is 2.23. The van der Waals surface area contributed by atoms with Crippen LogP contribution in [0.25, 0.3) is 11.1 Å². The highest BCUT2D eigenvalue weighted by Crippen LogP contribution is 2.36. The largest absolute Gasteiger partial charge is 0.417 e. The molecule has 100 valence electrons. The molecule has 0 aliphatic heterocycles. The Morgan fingerprint density at radius 1 is 1.05 bits per heavy atom. The Hall–Kier alpha value is -1.46. The molecule has 0 aliphatic rings. The smallest absolute Gasteiger partial charge is 0.329 e. The van der Waals surface area contributed by atoms with Crippen molar-refractivity contribution in [3.05, 3.63) is 56.4 Å². The topological polar surface area (TPSA) is 32.9 Å². The molecule has 0 saturated carbocycles. The first kappa shape index (κ1) is 14.0. The van der Waals surface area contributed by atoms with E-state index in [2.05, 4.69) is 4.98 Å². The molecule has 2 nitrogen and oxygen atoms in total. The molecule has 7 heteroatoms. The van der Waals surface area contributed by atoms with E-state index in [1.165, 1.54) is 18.2 Å². The van der Waals surface area contributed by atoms with Crippen LogP contribution < -0.4 is 5.56 Å². The number of aromatic amines is 1. The molecular formula is C12H6Cl2F3NO. The number of hydrogen-bond acceptors (Lipinski definition) is 1. The number of H-pyrrole nitrogens is 1. The maximum atomic E-state index is 12.9. The van der Waals surface area contributed by atoms with Crippen molar-refractivity contribution in [2.75, 3.05) is 0 Å². The zero-order valence-corrected chi connectivity index (χ0v) is 10.7. The lowest BCUT2D eigenvalue weighted by Gasteiger charge is -2.12. The van der Waals surface area contributed by atoms with Gasteiger partial charge in [0.05, 0.1) is 11.1 Å². The lowest BCUT2D eigenvalue weighted by molar-refractivity contribution is -0.137. The number of rotatable bonds is 1. The fraction of sp³-hybridized carbons (Fsp3) is 0.0833. The molecule has 2 rings (SSSR count). The van der Waals surface area contributed by atoms with E-state index in [1.807, 2.05) is 0 Å². The highest BCUT2D eigenvalue weighted by atomic mass is 35.5. The minimum Gasteiger partial charge on any atom is -0.329 e. The third-order valence-corrected chi connectivity index (χ3v) is 2.85. The Bertz CT molecular complexity index is 659. The fourth-order valence-electron chi connectivity index (χ4n) is 1.70. The molecule has 0 fully saturated rings. The molecule has 0 amide bonds. The normalized spacial score (nSPS) is 11.6. The maximum absolute atomic E-state index is 12.9. The molecule has 2 aromatic rings. The van der Waals surface area contributed by atoms with E-state index in [9.17, 15) is 18.0 Å². The molecule has 0 aliphatic carbocycles. The Kier molecular flexibility index (Phi) is 3.60. The summed E-state index contributed by atoms with van der Waals surface area (Å²) in [5.74, 6) is 0. The number of nitrogens with one attached hydrogen (secondary N) is 1. The Morgan fingerprint density at radius 2 is 1.63 bits per heavy atom. The second kappa shape index (κ2) is 4.90. The molecule has 0 bridgehead atoms. The molecule has 0 saturated heterocycles. The molecular weight excluding hydrogens is 302 g/mol. The van der Waals surface area contributed by atoms with Crippen LogP contribution in [0.4, 0.5) is 13.2 Å². The maximum Gasteiger partial charge on any atom is 0.417 e. The van der Waals surface area contributed by atoms with Gasteiger partial charge in [-0.05, 0) is 29.8 Å². The van der Waals surface area contributed by atoms with Crippen molar-refractivity contribution < 1.29 is 13.2 Å². The standard InChI is InChI=1S/C12H6Cl2F3NO/c13-7-3-6(4-8(14)5-7)10-9(12(15,16)17)1-2-18-11(10)19/h1-5H,(H,18,19). The van der Waals surface area contributed by atoms with Crippen molar-refractivity contribution in [1.29, 1.82) is 0 Å². The van der Waals surface area contributed by atoms with Crippen molar-refractivity contribution in [2.24, 2.45) is 0 Å². The van der Waals surface area contributed by atoms with Crippen molar-refractivity contribution >= 4 is 23.2 Å². The summed E-state index contributed by atoms with van der Waals surface area (Å²) < 4.78 is 38.7. The zero-order chi connectivity index (χ0) is 14.2. The monoisotopic (exact) mass is 307 g/mol. The van der Waals surface area contributed by atoms with E-state index in [0.29, 0.717) is 0 Å². The zero-order valence-electron chi connectivity index (χ0n) is 9.18. The van der Waals surface area contributed by atoms with E-state index in [1.54, 1.807) is 0 Å². The van der Waals surface area contributed by atoms with E-state index < -0.39 is 22.9 Å². The second-order valence-corrected chi connectivity index (χ2v) is 4.62. The van der Waals surface area contributed by atoms with Gasteiger partial charge in [-0.2, -0.15) is 13.2 Å². The molecule has 1 N–H and O–H groups in total. The Labute approximate surface area is 115 Å². The van der Waals surface area contributed by atoms with E-state index in [4.69, 9.17) is 23.2 Å². The molecule has 1 heterocycles. The summed E-state index contributed by atoms with van der Waals surface area (Å²) in [6.45, 7) is 0. The average Bonchev–Trinajstić information content (AvgIpc) is 2.25. The average molecular weight is 308 g/mol. The summed E-state index contributed by atoms with van der Waals surface area (Å²) in [4.78, 5) is 13.9. The lowest BCUT2D eigenvalue weighted by Crippen LogP contribution is -2.17. The van der Waals surface area contributed by atoms with Crippen LogP contribution in [-0.2, 0) is 6.18 Å². The lowest BCUT2D eigenvalue weighted by atomic mass is 10.0. The second-order valence-electron chi connectivity index (χ2n) is 3.75. The van der Waals surface area contributed by atoms with Crippen LogP contribution in [0.5, 0.6) is 0 Å². The number of pyridine rings is 1. The minimum absolute atomic E-state index is 0.0201. The van der Waals surface area contributed by atoms with Gasteiger partial charge >= 0.3 is 6.18 Å². The van der Waals surface area contributed by atoms with E-state index in [0.717, 1.165) is 12.3 Å². The highest BCUT2D eigenvalue weighted by molar-refractivity contribution is 6.35. The third-order valence-electron chi connectivity index (χ3n) is 2.42. The van der Waals surface area contributed by atoms with Gasteiger partial charge in [-0.3, -0.25) is 4.79 Å². The first-order valence-electron chi connectivity index (χ1n) is 5.04. The number of alkyl halides is 3. The summed E-state index contributed by atoms with van der Waals surface area (Å²) in [6, 6.07) is 4.68. The SMILES string of the molecule is O=c1[nH]ccc(C(F)(F)F)c1-c1cc(Cl)cc(Cl)c1. The van der Waals surface area contributed by atoms with Crippen LogP contribution >= 0.6 is 23.2 Å². The van der Waals surface area contributed by atoms with Crippen molar-refractivity contribution in [3.8, 4) is 11.1 Å². The van der Waals surface area contributed by atoms with Crippen molar-refractivity contribution in [2.45, 2.75) is 6.18 Å². The molecule has 1 aromatic carbocycles. The van der Waals surface area contributed by atoms with Gasteiger partial charge in [0.1, 0.15) is 0 Å². The van der Waals surface area contributed by atoms with Gasteiger partial charge in [-0.1, -0.05) is 23.2 Å². The molecule has 0 spiro atoms. The number of aromatic nitrogens is 1. The van der Waals surface area contributed by atoms with Gasteiger partial charge in [-0.25, -0.2) is 0 Å².